The summed E-state index contributed by atoms with van der Waals surface area (Å²) in [4.78, 5) is 0. The van der Waals surface area contributed by atoms with E-state index in [1.165, 1.54) is 11.1 Å². The van der Waals surface area contributed by atoms with Crippen molar-refractivity contribution < 1.29 is 4.74 Å². The van der Waals surface area contributed by atoms with Crippen LogP contribution in [0.3, 0.4) is 0 Å². The van der Waals surface area contributed by atoms with Crippen molar-refractivity contribution in [1.82, 2.24) is 5.32 Å². The summed E-state index contributed by atoms with van der Waals surface area (Å²) in [6.07, 6.45) is 7.55. The highest BCUT2D eigenvalue weighted by Gasteiger charge is 2.12. The highest BCUT2D eigenvalue weighted by molar-refractivity contribution is 5.39. The van der Waals surface area contributed by atoms with Gasteiger partial charge in [0, 0.05) is 13.0 Å². The summed E-state index contributed by atoms with van der Waals surface area (Å²) in [5.74, 6) is 4.32. The predicted octanol–water partition coefficient (Wildman–Crippen LogP) is 2.41. The maximum absolute atomic E-state index is 5.50. The number of hydrogen-bond donors (Lipinski definition) is 1. The smallest absolute Gasteiger partial charge is 0.122 e. The summed E-state index contributed by atoms with van der Waals surface area (Å²) in [5.41, 5.74) is 2.69. The lowest BCUT2D eigenvalue weighted by Gasteiger charge is -2.16. The number of ether oxygens (including phenoxy) is 1. The number of hydrogen-bond acceptors (Lipinski definition) is 2. The lowest BCUT2D eigenvalue weighted by Crippen LogP contribution is -2.33. The van der Waals surface area contributed by atoms with Crippen LogP contribution in [-0.4, -0.2) is 19.2 Å². The van der Waals surface area contributed by atoms with E-state index >= 15 is 0 Å². The minimum Gasteiger partial charge on any atom is -0.493 e. The van der Waals surface area contributed by atoms with Gasteiger partial charge in [0.15, 0.2) is 0 Å². The number of rotatable bonds is 5. The third-order valence-electron chi connectivity index (χ3n) is 3.38. The second-order valence-corrected chi connectivity index (χ2v) is 5.13. The van der Waals surface area contributed by atoms with Crippen molar-refractivity contribution in [3.05, 3.63) is 29.3 Å². The number of terminal acetylenes is 1. The Morgan fingerprint density at radius 2 is 2.28 bits per heavy atom. The van der Waals surface area contributed by atoms with E-state index in [0.717, 1.165) is 31.7 Å². The van der Waals surface area contributed by atoms with Crippen LogP contribution in [0.5, 0.6) is 5.75 Å². The molecule has 0 saturated heterocycles. The van der Waals surface area contributed by atoms with Crippen molar-refractivity contribution in [3.8, 4) is 18.1 Å². The monoisotopic (exact) mass is 243 g/mol. The Bertz CT molecular complexity index is 445. The van der Waals surface area contributed by atoms with Crippen LogP contribution in [0.25, 0.3) is 0 Å². The first kappa shape index (κ1) is 13.0. The van der Waals surface area contributed by atoms with Gasteiger partial charge in [-0.2, -0.15) is 0 Å². The zero-order chi connectivity index (χ0) is 13.0. The van der Waals surface area contributed by atoms with Gasteiger partial charge in [-0.1, -0.05) is 31.9 Å². The molecule has 1 heterocycles. The topological polar surface area (TPSA) is 21.3 Å². The molecule has 1 atom stereocenters. The maximum Gasteiger partial charge on any atom is 0.122 e. The Labute approximate surface area is 110 Å². The van der Waals surface area contributed by atoms with Gasteiger partial charge in [0.1, 0.15) is 5.75 Å². The first-order valence-corrected chi connectivity index (χ1v) is 6.65. The molecule has 0 amide bonds. The van der Waals surface area contributed by atoms with Crippen LogP contribution in [0.15, 0.2) is 18.2 Å². The molecule has 18 heavy (non-hydrogen) atoms. The molecule has 0 spiro atoms. The molecule has 0 bridgehead atoms. The van der Waals surface area contributed by atoms with Gasteiger partial charge in [0.2, 0.25) is 0 Å². The van der Waals surface area contributed by atoms with Gasteiger partial charge >= 0.3 is 0 Å². The largest absolute Gasteiger partial charge is 0.493 e. The number of fused-ring (bicyclic) bond motifs is 1. The quantitative estimate of drug-likeness (QED) is 0.802. The first-order valence-electron chi connectivity index (χ1n) is 6.65. The minimum atomic E-state index is 0.169. The zero-order valence-corrected chi connectivity index (χ0v) is 11.2. The van der Waals surface area contributed by atoms with Crippen molar-refractivity contribution >= 4 is 0 Å². The van der Waals surface area contributed by atoms with E-state index < -0.39 is 0 Å². The number of nitrogens with one attached hydrogen (secondary N) is 1. The van der Waals surface area contributed by atoms with E-state index in [2.05, 4.69) is 43.3 Å². The van der Waals surface area contributed by atoms with Gasteiger partial charge in [-0.05, 0) is 29.5 Å². The van der Waals surface area contributed by atoms with Crippen molar-refractivity contribution in [2.75, 3.05) is 13.2 Å². The van der Waals surface area contributed by atoms with E-state index in [4.69, 9.17) is 11.2 Å². The Balaban J connectivity index is 1.86. The summed E-state index contributed by atoms with van der Waals surface area (Å²) < 4.78 is 5.50. The van der Waals surface area contributed by atoms with Gasteiger partial charge in [-0.25, -0.2) is 0 Å². The van der Waals surface area contributed by atoms with Crippen LogP contribution in [-0.2, 0) is 12.8 Å². The fourth-order valence-electron chi connectivity index (χ4n) is 2.25. The summed E-state index contributed by atoms with van der Waals surface area (Å²) in [5, 5.41) is 3.42. The number of benzene rings is 1. The second-order valence-electron chi connectivity index (χ2n) is 5.13. The van der Waals surface area contributed by atoms with Gasteiger partial charge < -0.3 is 10.1 Å². The molecule has 1 unspecified atom stereocenters. The Kier molecular flexibility index (Phi) is 4.28. The zero-order valence-electron chi connectivity index (χ0n) is 11.2. The lowest BCUT2D eigenvalue weighted by atomic mass is 10.0. The minimum absolute atomic E-state index is 0.169. The fourth-order valence-corrected chi connectivity index (χ4v) is 2.25. The third kappa shape index (κ3) is 3.05. The van der Waals surface area contributed by atoms with E-state index in [9.17, 15) is 0 Å². The summed E-state index contributed by atoms with van der Waals surface area (Å²) in [6.45, 7) is 6.03. The highest BCUT2D eigenvalue weighted by atomic mass is 16.5. The standard InChI is InChI=1S/C16H21NO/c1-4-15(12(2)3)17-9-7-13-5-6-16-14(11-13)8-10-18-16/h1,5-6,11-12,15,17H,7-10H2,2-3H3. The predicted molar refractivity (Wildman–Crippen MR) is 74.8 cm³/mol. The van der Waals surface area contributed by atoms with E-state index in [1.54, 1.807) is 0 Å². The normalized spacial score (nSPS) is 15.0. The van der Waals surface area contributed by atoms with Crippen LogP contribution in [0.2, 0.25) is 0 Å². The highest BCUT2D eigenvalue weighted by Crippen LogP contribution is 2.25. The first-order chi connectivity index (χ1) is 8.70. The third-order valence-corrected chi connectivity index (χ3v) is 3.38. The van der Waals surface area contributed by atoms with Gasteiger partial charge in [-0.15, -0.1) is 6.42 Å². The SMILES string of the molecule is C#CC(NCCc1ccc2c(c1)CCO2)C(C)C. The molecule has 96 valence electrons. The molecule has 1 aromatic rings. The molecule has 2 heteroatoms. The van der Waals surface area contributed by atoms with E-state index in [0.29, 0.717) is 5.92 Å². The molecule has 0 saturated carbocycles. The molecule has 1 aromatic carbocycles. The van der Waals surface area contributed by atoms with Crippen LogP contribution in [0, 0.1) is 18.3 Å². The Morgan fingerprint density at radius 1 is 1.44 bits per heavy atom. The van der Waals surface area contributed by atoms with Crippen LogP contribution >= 0.6 is 0 Å². The maximum atomic E-state index is 5.50. The molecule has 2 nitrogen and oxygen atoms in total. The molecule has 0 fully saturated rings. The summed E-state index contributed by atoms with van der Waals surface area (Å²) >= 11 is 0. The van der Waals surface area contributed by atoms with Gasteiger partial charge in [0.05, 0.1) is 12.6 Å². The Hall–Kier alpha value is -1.46. The van der Waals surface area contributed by atoms with Crippen molar-refractivity contribution in [1.29, 1.82) is 0 Å². The molecule has 1 aliphatic heterocycles. The van der Waals surface area contributed by atoms with Crippen molar-refractivity contribution in [3.63, 3.8) is 0 Å². The molecule has 0 radical (unpaired) electrons. The van der Waals surface area contributed by atoms with Crippen molar-refractivity contribution in [2.24, 2.45) is 5.92 Å². The summed E-state index contributed by atoms with van der Waals surface area (Å²) in [6, 6.07) is 6.65. The summed E-state index contributed by atoms with van der Waals surface area (Å²) in [7, 11) is 0. The molecule has 2 rings (SSSR count). The van der Waals surface area contributed by atoms with E-state index in [-0.39, 0.29) is 6.04 Å². The molecule has 0 aromatic heterocycles. The lowest BCUT2D eigenvalue weighted by molar-refractivity contribution is 0.357. The van der Waals surface area contributed by atoms with Gasteiger partial charge in [0.25, 0.3) is 0 Å². The van der Waals surface area contributed by atoms with Crippen LogP contribution < -0.4 is 10.1 Å². The van der Waals surface area contributed by atoms with E-state index in [1.807, 2.05) is 0 Å². The van der Waals surface area contributed by atoms with Gasteiger partial charge in [-0.3, -0.25) is 0 Å². The molecular weight excluding hydrogens is 222 g/mol. The molecule has 1 aliphatic rings. The second kappa shape index (κ2) is 5.93. The molecule has 1 N–H and O–H groups in total. The van der Waals surface area contributed by atoms with Crippen molar-refractivity contribution in [2.45, 2.75) is 32.7 Å². The van der Waals surface area contributed by atoms with Crippen LogP contribution in [0.1, 0.15) is 25.0 Å². The Morgan fingerprint density at radius 3 is 3.00 bits per heavy atom. The molecular formula is C16H21NO. The average Bonchev–Trinajstić information content (AvgIpc) is 2.81. The average molecular weight is 243 g/mol. The fraction of sp³-hybridized carbons (Fsp3) is 0.500. The molecule has 0 aliphatic carbocycles. The van der Waals surface area contributed by atoms with Crippen LogP contribution in [0.4, 0.5) is 0 Å².